The monoisotopic (exact) mass is 267 g/mol. The molecule has 0 aromatic heterocycles. The van der Waals surface area contributed by atoms with E-state index in [9.17, 15) is 0 Å². The van der Waals surface area contributed by atoms with E-state index in [1.54, 1.807) is 0 Å². The minimum absolute atomic E-state index is 0.869. The van der Waals surface area contributed by atoms with E-state index >= 15 is 0 Å². The summed E-state index contributed by atoms with van der Waals surface area (Å²) in [5.74, 6) is 0. The van der Waals surface area contributed by atoms with Gasteiger partial charge in [-0.2, -0.15) is 10.2 Å². The SMILES string of the molecule is Cc1ccc(/N=N/c2ccc(N(C)C)cc2)c(C)c1C. The third-order valence-corrected chi connectivity index (χ3v) is 3.67. The highest BCUT2D eigenvalue weighted by Crippen LogP contribution is 2.26. The molecule has 0 unspecified atom stereocenters. The Hall–Kier alpha value is -2.16. The van der Waals surface area contributed by atoms with Gasteiger partial charge in [0.15, 0.2) is 0 Å². The first-order valence-electron chi connectivity index (χ1n) is 6.75. The summed E-state index contributed by atoms with van der Waals surface area (Å²) in [6.07, 6.45) is 0. The average molecular weight is 267 g/mol. The van der Waals surface area contributed by atoms with Gasteiger partial charge < -0.3 is 4.90 Å². The lowest BCUT2D eigenvalue weighted by Crippen LogP contribution is -2.07. The first-order chi connectivity index (χ1) is 9.49. The largest absolute Gasteiger partial charge is 0.378 e. The molecule has 2 rings (SSSR count). The van der Waals surface area contributed by atoms with Crippen LogP contribution in [0.1, 0.15) is 16.7 Å². The molecule has 104 valence electrons. The van der Waals surface area contributed by atoms with Gasteiger partial charge in [0.1, 0.15) is 0 Å². The lowest BCUT2D eigenvalue weighted by molar-refractivity contribution is 1.13. The zero-order valence-electron chi connectivity index (χ0n) is 12.8. The van der Waals surface area contributed by atoms with Crippen molar-refractivity contribution in [3.63, 3.8) is 0 Å². The Labute approximate surface area is 121 Å². The maximum absolute atomic E-state index is 4.36. The lowest BCUT2D eigenvalue weighted by Gasteiger charge is -2.11. The molecule has 0 aliphatic rings. The summed E-state index contributed by atoms with van der Waals surface area (Å²) in [5.41, 5.74) is 6.73. The highest BCUT2D eigenvalue weighted by Gasteiger charge is 2.02. The van der Waals surface area contributed by atoms with Crippen molar-refractivity contribution in [2.75, 3.05) is 19.0 Å². The zero-order valence-corrected chi connectivity index (χ0v) is 12.8. The van der Waals surface area contributed by atoms with Crippen molar-refractivity contribution >= 4 is 17.1 Å². The predicted octanol–water partition coefficient (Wildman–Crippen LogP) is 5.09. The molecule has 0 N–H and O–H groups in total. The topological polar surface area (TPSA) is 28.0 Å². The van der Waals surface area contributed by atoms with E-state index in [0.717, 1.165) is 17.1 Å². The van der Waals surface area contributed by atoms with Gasteiger partial charge >= 0.3 is 0 Å². The van der Waals surface area contributed by atoms with Crippen molar-refractivity contribution in [1.82, 2.24) is 0 Å². The molecule has 0 radical (unpaired) electrons. The number of hydrogen-bond donors (Lipinski definition) is 0. The summed E-state index contributed by atoms with van der Waals surface area (Å²) in [6, 6.07) is 12.2. The van der Waals surface area contributed by atoms with Crippen LogP contribution in [0.25, 0.3) is 0 Å². The van der Waals surface area contributed by atoms with Crippen LogP contribution >= 0.6 is 0 Å². The van der Waals surface area contributed by atoms with Crippen LogP contribution in [0.2, 0.25) is 0 Å². The molecule has 0 atom stereocenters. The van der Waals surface area contributed by atoms with Crippen LogP contribution in [-0.2, 0) is 0 Å². The van der Waals surface area contributed by atoms with Crippen molar-refractivity contribution < 1.29 is 0 Å². The Morgan fingerprint density at radius 2 is 1.40 bits per heavy atom. The van der Waals surface area contributed by atoms with E-state index in [1.165, 1.54) is 16.7 Å². The third-order valence-electron chi connectivity index (χ3n) is 3.67. The van der Waals surface area contributed by atoms with Gasteiger partial charge in [-0.15, -0.1) is 0 Å². The van der Waals surface area contributed by atoms with Crippen LogP contribution in [0.5, 0.6) is 0 Å². The summed E-state index contributed by atoms with van der Waals surface area (Å²) >= 11 is 0. The van der Waals surface area contributed by atoms with Gasteiger partial charge in [0.2, 0.25) is 0 Å². The molecule has 0 aliphatic heterocycles. The summed E-state index contributed by atoms with van der Waals surface area (Å²) in [5, 5.41) is 8.68. The summed E-state index contributed by atoms with van der Waals surface area (Å²) in [7, 11) is 4.05. The van der Waals surface area contributed by atoms with E-state index in [2.05, 4.69) is 42.0 Å². The molecule has 3 nitrogen and oxygen atoms in total. The van der Waals surface area contributed by atoms with Crippen molar-refractivity contribution in [3.05, 3.63) is 53.1 Å². The summed E-state index contributed by atoms with van der Waals surface area (Å²) in [6.45, 7) is 6.32. The second-order valence-corrected chi connectivity index (χ2v) is 5.26. The van der Waals surface area contributed by atoms with Crippen molar-refractivity contribution in [3.8, 4) is 0 Å². The molecular weight excluding hydrogens is 246 g/mol. The molecule has 3 heteroatoms. The van der Waals surface area contributed by atoms with E-state index in [0.29, 0.717) is 0 Å². The van der Waals surface area contributed by atoms with Gasteiger partial charge in [0, 0.05) is 19.8 Å². The molecule has 0 aliphatic carbocycles. The average Bonchev–Trinajstić information content (AvgIpc) is 2.44. The summed E-state index contributed by atoms with van der Waals surface area (Å²) < 4.78 is 0. The van der Waals surface area contributed by atoms with Gasteiger partial charge in [-0.1, -0.05) is 6.07 Å². The molecular formula is C17H21N3. The number of aryl methyl sites for hydroxylation is 1. The smallest absolute Gasteiger partial charge is 0.0889 e. The molecule has 0 amide bonds. The van der Waals surface area contributed by atoms with Crippen LogP contribution in [0.3, 0.4) is 0 Å². The molecule has 20 heavy (non-hydrogen) atoms. The number of nitrogens with zero attached hydrogens (tertiary/aromatic N) is 3. The zero-order chi connectivity index (χ0) is 14.7. The van der Waals surface area contributed by atoms with Crippen molar-refractivity contribution in [2.45, 2.75) is 20.8 Å². The minimum Gasteiger partial charge on any atom is -0.378 e. The second-order valence-electron chi connectivity index (χ2n) is 5.26. The lowest BCUT2D eigenvalue weighted by atomic mass is 10.0. The van der Waals surface area contributed by atoms with Gasteiger partial charge in [0.05, 0.1) is 11.4 Å². The molecule has 0 spiro atoms. The maximum atomic E-state index is 4.36. The molecule has 2 aromatic rings. The number of anilines is 1. The van der Waals surface area contributed by atoms with Crippen LogP contribution in [0, 0.1) is 20.8 Å². The number of hydrogen-bond acceptors (Lipinski definition) is 3. The maximum Gasteiger partial charge on any atom is 0.0889 e. The fraction of sp³-hybridized carbons (Fsp3) is 0.294. The van der Waals surface area contributed by atoms with E-state index in [1.807, 2.05) is 44.4 Å². The van der Waals surface area contributed by atoms with E-state index in [-0.39, 0.29) is 0 Å². The number of rotatable bonds is 3. The van der Waals surface area contributed by atoms with Gasteiger partial charge in [-0.3, -0.25) is 0 Å². The fourth-order valence-corrected chi connectivity index (χ4v) is 1.98. The normalized spacial score (nSPS) is 11.1. The Kier molecular flexibility index (Phi) is 4.18. The second kappa shape index (κ2) is 5.87. The first kappa shape index (κ1) is 14.3. The Morgan fingerprint density at radius 3 is 2.00 bits per heavy atom. The standard InChI is InChI=1S/C17H21N3/c1-12-6-11-17(14(3)13(12)2)19-18-15-7-9-16(10-8-15)20(4)5/h6-11H,1-5H3/b19-18+. The minimum atomic E-state index is 0.869. The molecule has 0 bridgehead atoms. The Balaban J connectivity index is 2.23. The quantitative estimate of drug-likeness (QED) is 0.711. The molecule has 0 saturated carbocycles. The van der Waals surface area contributed by atoms with Crippen LogP contribution in [-0.4, -0.2) is 14.1 Å². The fourth-order valence-electron chi connectivity index (χ4n) is 1.98. The van der Waals surface area contributed by atoms with Crippen molar-refractivity contribution in [1.29, 1.82) is 0 Å². The van der Waals surface area contributed by atoms with Crippen LogP contribution in [0.4, 0.5) is 17.1 Å². The summed E-state index contributed by atoms with van der Waals surface area (Å²) in [4.78, 5) is 2.06. The highest BCUT2D eigenvalue weighted by molar-refractivity contribution is 5.54. The number of azo groups is 1. The highest BCUT2D eigenvalue weighted by atomic mass is 15.1. The molecule has 0 saturated heterocycles. The van der Waals surface area contributed by atoms with Crippen molar-refractivity contribution in [2.24, 2.45) is 10.2 Å². The molecule has 2 aromatic carbocycles. The number of benzene rings is 2. The van der Waals surface area contributed by atoms with Crippen LogP contribution < -0.4 is 4.90 Å². The Morgan fingerprint density at radius 1 is 0.750 bits per heavy atom. The van der Waals surface area contributed by atoms with E-state index in [4.69, 9.17) is 0 Å². The molecule has 0 heterocycles. The Bertz CT molecular complexity index is 625. The van der Waals surface area contributed by atoms with Gasteiger partial charge in [0.25, 0.3) is 0 Å². The van der Waals surface area contributed by atoms with E-state index < -0.39 is 0 Å². The first-order valence-corrected chi connectivity index (χ1v) is 6.75. The third kappa shape index (κ3) is 3.05. The molecule has 0 fully saturated rings. The predicted molar refractivity (Wildman–Crippen MR) is 85.6 cm³/mol. The van der Waals surface area contributed by atoms with Gasteiger partial charge in [-0.05, 0) is 67.8 Å². The van der Waals surface area contributed by atoms with Crippen LogP contribution in [0.15, 0.2) is 46.6 Å². The van der Waals surface area contributed by atoms with Gasteiger partial charge in [-0.25, -0.2) is 0 Å².